The smallest absolute Gasteiger partial charge is 0.290 e. The van der Waals surface area contributed by atoms with Gasteiger partial charge in [0.05, 0.1) is 11.5 Å². The molecular weight excluding hydrogens is 390 g/mol. The number of benzene rings is 2. The lowest BCUT2D eigenvalue weighted by Crippen LogP contribution is -2.26. The summed E-state index contributed by atoms with van der Waals surface area (Å²) in [6, 6.07) is 11.4. The van der Waals surface area contributed by atoms with Gasteiger partial charge >= 0.3 is 0 Å². The summed E-state index contributed by atoms with van der Waals surface area (Å²) in [5, 5.41) is 6.54. The van der Waals surface area contributed by atoms with Gasteiger partial charge in [-0.25, -0.2) is 0 Å². The number of nitrogens with one attached hydrogen (secondary N) is 2. The number of imide groups is 1. The summed E-state index contributed by atoms with van der Waals surface area (Å²) < 4.78 is 5.90. The van der Waals surface area contributed by atoms with Crippen LogP contribution in [0, 0.1) is 0 Å². The fraction of sp³-hybridized carbons (Fsp3) is 0.286. The summed E-state index contributed by atoms with van der Waals surface area (Å²) >= 11 is 0.893. The third kappa shape index (κ3) is 5.58. The molecule has 3 rings (SSSR count). The first-order valence-corrected chi connectivity index (χ1v) is 10.3. The highest BCUT2D eigenvalue weighted by molar-refractivity contribution is 8.18. The van der Waals surface area contributed by atoms with Crippen molar-refractivity contribution in [2.45, 2.75) is 19.3 Å². The van der Waals surface area contributed by atoms with Crippen LogP contribution in [0.2, 0.25) is 0 Å². The van der Waals surface area contributed by atoms with Crippen LogP contribution in [0.4, 0.5) is 4.79 Å². The molecule has 1 aliphatic rings. The number of rotatable bonds is 9. The van der Waals surface area contributed by atoms with E-state index in [2.05, 4.69) is 10.6 Å². The first-order valence-electron chi connectivity index (χ1n) is 9.44. The Morgan fingerprint density at radius 2 is 1.93 bits per heavy atom. The van der Waals surface area contributed by atoms with Crippen molar-refractivity contribution in [1.82, 2.24) is 10.6 Å². The Labute approximate surface area is 173 Å². The van der Waals surface area contributed by atoms with Crippen LogP contribution >= 0.6 is 11.8 Å². The fourth-order valence-corrected chi connectivity index (χ4v) is 3.61. The van der Waals surface area contributed by atoms with Gasteiger partial charge in [0.2, 0.25) is 5.91 Å². The zero-order valence-electron chi connectivity index (χ0n) is 15.9. The van der Waals surface area contributed by atoms with E-state index in [4.69, 9.17) is 10.5 Å². The maximum absolute atomic E-state index is 11.8. The van der Waals surface area contributed by atoms with Crippen LogP contribution in [-0.2, 0) is 9.59 Å². The van der Waals surface area contributed by atoms with Crippen LogP contribution < -0.4 is 21.1 Å². The van der Waals surface area contributed by atoms with Crippen molar-refractivity contribution in [2.24, 2.45) is 5.73 Å². The van der Waals surface area contributed by atoms with Crippen molar-refractivity contribution in [3.8, 4) is 5.75 Å². The number of fused-ring (bicyclic) bond motifs is 1. The fourth-order valence-electron chi connectivity index (χ4n) is 2.94. The Morgan fingerprint density at radius 3 is 2.66 bits per heavy atom. The van der Waals surface area contributed by atoms with E-state index < -0.39 is 0 Å². The second-order valence-corrected chi connectivity index (χ2v) is 7.51. The van der Waals surface area contributed by atoms with E-state index in [1.54, 1.807) is 6.08 Å². The Balaban J connectivity index is 1.66. The standard InChI is InChI=1S/C21H23N3O4S/c22-10-4-11-23-19(25)7-3-12-28-17-9-8-14(15-5-1-2-6-16(15)17)13-18-20(26)24-21(27)29-18/h1-2,5-6,8-9,13H,3-4,7,10-12,22H2,(H,23,25)(H,24,26,27)/b18-13+. The summed E-state index contributed by atoms with van der Waals surface area (Å²) in [7, 11) is 0. The lowest BCUT2D eigenvalue weighted by Gasteiger charge is -2.11. The molecule has 0 aromatic heterocycles. The van der Waals surface area contributed by atoms with E-state index >= 15 is 0 Å². The van der Waals surface area contributed by atoms with Gasteiger partial charge in [0.15, 0.2) is 0 Å². The van der Waals surface area contributed by atoms with Gasteiger partial charge in [-0.1, -0.05) is 30.3 Å². The molecule has 0 saturated carbocycles. The van der Waals surface area contributed by atoms with E-state index in [0.29, 0.717) is 43.2 Å². The van der Waals surface area contributed by atoms with Gasteiger partial charge < -0.3 is 15.8 Å². The van der Waals surface area contributed by atoms with E-state index in [1.165, 1.54) is 0 Å². The summed E-state index contributed by atoms with van der Waals surface area (Å²) in [5.41, 5.74) is 6.24. The number of nitrogens with two attached hydrogens (primary N) is 1. The van der Waals surface area contributed by atoms with Crippen molar-refractivity contribution in [3.63, 3.8) is 0 Å². The number of carbonyl (C=O) groups is 3. The molecule has 1 aliphatic heterocycles. The molecule has 7 nitrogen and oxygen atoms in total. The Kier molecular flexibility index (Phi) is 7.26. The Hall–Kier alpha value is -2.84. The van der Waals surface area contributed by atoms with Gasteiger partial charge in [-0.05, 0) is 54.2 Å². The van der Waals surface area contributed by atoms with E-state index in [1.807, 2.05) is 36.4 Å². The summed E-state index contributed by atoms with van der Waals surface area (Å²) in [6.07, 6.45) is 3.48. The maximum atomic E-state index is 11.8. The van der Waals surface area contributed by atoms with Crippen molar-refractivity contribution >= 4 is 45.7 Å². The van der Waals surface area contributed by atoms with Gasteiger partial charge in [0.1, 0.15) is 5.75 Å². The minimum atomic E-state index is -0.380. The number of hydrogen-bond acceptors (Lipinski definition) is 6. The molecule has 2 aromatic rings. The second-order valence-electron chi connectivity index (χ2n) is 6.49. The highest BCUT2D eigenvalue weighted by atomic mass is 32.2. The largest absolute Gasteiger partial charge is 0.493 e. The van der Waals surface area contributed by atoms with Crippen molar-refractivity contribution in [1.29, 1.82) is 0 Å². The van der Waals surface area contributed by atoms with Gasteiger partial charge in [-0.15, -0.1) is 0 Å². The normalized spacial score (nSPS) is 15.0. The average Bonchev–Trinajstić information content (AvgIpc) is 3.03. The number of hydrogen-bond donors (Lipinski definition) is 3. The molecular formula is C21H23N3O4S. The first-order chi connectivity index (χ1) is 14.1. The first kappa shape index (κ1) is 20.9. The van der Waals surface area contributed by atoms with Crippen LogP contribution in [0.15, 0.2) is 41.3 Å². The second kappa shape index (κ2) is 10.1. The van der Waals surface area contributed by atoms with E-state index in [0.717, 1.165) is 34.5 Å². The molecule has 2 aromatic carbocycles. The number of carbonyl (C=O) groups excluding carboxylic acids is 3. The SMILES string of the molecule is NCCCNC(=O)CCCOc1ccc(/C=C2/SC(=O)NC2=O)c2ccccc12. The molecule has 0 spiro atoms. The number of amides is 3. The molecule has 1 fully saturated rings. The molecule has 0 atom stereocenters. The Morgan fingerprint density at radius 1 is 1.14 bits per heavy atom. The van der Waals surface area contributed by atoms with Crippen LogP contribution in [-0.4, -0.2) is 36.7 Å². The zero-order chi connectivity index (χ0) is 20.6. The van der Waals surface area contributed by atoms with Gasteiger partial charge in [0, 0.05) is 18.4 Å². The average molecular weight is 413 g/mol. The molecule has 0 bridgehead atoms. The van der Waals surface area contributed by atoms with Crippen LogP contribution in [0.3, 0.4) is 0 Å². The van der Waals surface area contributed by atoms with Crippen LogP contribution in [0.25, 0.3) is 16.8 Å². The molecule has 0 aliphatic carbocycles. The molecule has 1 saturated heterocycles. The van der Waals surface area contributed by atoms with Crippen LogP contribution in [0.5, 0.6) is 5.75 Å². The predicted molar refractivity (Wildman–Crippen MR) is 114 cm³/mol. The topological polar surface area (TPSA) is 111 Å². The van der Waals surface area contributed by atoms with Crippen molar-refractivity contribution in [2.75, 3.05) is 19.7 Å². The molecule has 0 unspecified atom stereocenters. The highest BCUT2D eigenvalue weighted by Crippen LogP contribution is 2.32. The molecule has 4 N–H and O–H groups in total. The van der Waals surface area contributed by atoms with E-state index in [9.17, 15) is 14.4 Å². The van der Waals surface area contributed by atoms with Crippen molar-refractivity contribution < 1.29 is 19.1 Å². The quantitative estimate of drug-likeness (QED) is 0.431. The third-order valence-electron chi connectivity index (χ3n) is 4.36. The monoisotopic (exact) mass is 413 g/mol. The molecule has 8 heteroatoms. The summed E-state index contributed by atoms with van der Waals surface area (Å²) in [6.45, 7) is 1.57. The highest BCUT2D eigenvalue weighted by Gasteiger charge is 2.25. The summed E-state index contributed by atoms with van der Waals surface area (Å²) in [4.78, 5) is 35.3. The maximum Gasteiger partial charge on any atom is 0.290 e. The molecule has 1 heterocycles. The molecule has 152 valence electrons. The predicted octanol–water partition coefficient (Wildman–Crippen LogP) is 2.79. The molecule has 0 radical (unpaired) electrons. The lowest BCUT2D eigenvalue weighted by molar-refractivity contribution is -0.121. The van der Waals surface area contributed by atoms with Gasteiger partial charge in [-0.3, -0.25) is 19.7 Å². The molecule has 29 heavy (non-hydrogen) atoms. The number of ether oxygens (including phenoxy) is 1. The van der Waals surface area contributed by atoms with Crippen molar-refractivity contribution in [3.05, 3.63) is 46.9 Å². The zero-order valence-corrected chi connectivity index (χ0v) is 16.7. The summed E-state index contributed by atoms with van der Waals surface area (Å²) in [5.74, 6) is 0.329. The lowest BCUT2D eigenvalue weighted by atomic mass is 10.0. The third-order valence-corrected chi connectivity index (χ3v) is 5.17. The van der Waals surface area contributed by atoms with Gasteiger partial charge in [0.25, 0.3) is 11.1 Å². The minimum absolute atomic E-state index is 0.00392. The Bertz CT molecular complexity index is 958. The van der Waals surface area contributed by atoms with Crippen LogP contribution in [0.1, 0.15) is 24.8 Å². The molecule has 3 amide bonds. The number of thioether (sulfide) groups is 1. The van der Waals surface area contributed by atoms with Gasteiger partial charge in [-0.2, -0.15) is 0 Å². The van der Waals surface area contributed by atoms with E-state index in [-0.39, 0.29) is 17.1 Å². The minimum Gasteiger partial charge on any atom is -0.493 e.